The van der Waals surface area contributed by atoms with Gasteiger partial charge in [0, 0.05) is 6.61 Å². The molecule has 0 aromatic carbocycles. The fraction of sp³-hybridized carbons (Fsp3) is 1.00. The Morgan fingerprint density at radius 1 is 0.600 bits per heavy atom. The van der Waals surface area contributed by atoms with Crippen molar-refractivity contribution in [3.8, 4) is 0 Å². The molecule has 1 aliphatic heterocycles. The number of hydrogen-bond donors (Lipinski definition) is 3. The van der Waals surface area contributed by atoms with Gasteiger partial charge < -0.3 is 24.8 Å². The van der Waals surface area contributed by atoms with Crippen LogP contribution in [-0.4, -0.2) is 53.1 Å². The second kappa shape index (κ2) is 19.5. The topological polar surface area (TPSA) is 79.2 Å². The monoisotopic (exact) mass is 430 g/mol. The van der Waals surface area contributed by atoms with Crippen LogP contribution in [0.25, 0.3) is 0 Å². The van der Waals surface area contributed by atoms with E-state index in [1.165, 1.54) is 103 Å². The van der Waals surface area contributed by atoms with Gasteiger partial charge in [-0.2, -0.15) is 0 Å². The molecule has 0 spiro atoms. The maximum atomic E-state index is 9.80. The van der Waals surface area contributed by atoms with Crippen molar-refractivity contribution in [2.24, 2.45) is 0 Å². The summed E-state index contributed by atoms with van der Waals surface area (Å²) in [7, 11) is 0. The van der Waals surface area contributed by atoms with Crippen molar-refractivity contribution in [1.82, 2.24) is 0 Å². The van der Waals surface area contributed by atoms with Gasteiger partial charge in [0.05, 0.1) is 6.61 Å². The van der Waals surface area contributed by atoms with Gasteiger partial charge >= 0.3 is 0 Å². The number of aliphatic hydroxyl groups is 3. The average Bonchev–Trinajstić information content (AvgIpc) is 2.75. The molecule has 1 aliphatic rings. The second-order valence-corrected chi connectivity index (χ2v) is 9.13. The standard InChI is InChI=1S/C25H50O5/c1-2-3-4-5-6-7-8-9-10-11-12-13-14-15-16-17-18-19-20-29-25-24(28)23(27)22(26)21-30-25/h22-28H,2-21H2,1H3/t22-,23+,24-,25-/m1/s1. The first-order valence-corrected chi connectivity index (χ1v) is 12.9. The third-order valence-electron chi connectivity index (χ3n) is 6.23. The summed E-state index contributed by atoms with van der Waals surface area (Å²) >= 11 is 0. The van der Waals surface area contributed by atoms with Gasteiger partial charge in [0.1, 0.15) is 18.3 Å². The SMILES string of the molecule is CCCCCCCCCCCCCCCCCCCCO[C@@H]1OC[C@@H](O)[C@H](O)[C@H]1O. The molecule has 180 valence electrons. The molecule has 1 heterocycles. The summed E-state index contributed by atoms with van der Waals surface area (Å²) in [5.41, 5.74) is 0. The molecular weight excluding hydrogens is 380 g/mol. The Bertz CT molecular complexity index is 365. The minimum Gasteiger partial charge on any atom is -0.388 e. The van der Waals surface area contributed by atoms with Gasteiger partial charge in [-0.05, 0) is 6.42 Å². The number of hydrogen-bond acceptors (Lipinski definition) is 5. The molecule has 0 amide bonds. The Kier molecular flexibility index (Phi) is 18.1. The largest absolute Gasteiger partial charge is 0.388 e. The molecule has 0 radical (unpaired) electrons. The van der Waals surface area contributed by atoms with Gasteiger partial charge in [0.2, 0.25) is 0 Å². The maximum absolute atomic E-state index is 9.80. The minimum absolute atomic E-state index is 0.00200. The molecule has 0 aromatic rings. The summed E-state index contributed by atoms with van der Waals surface area (Å²) in [5.74, 6) is 0. The van der Waals surface area contributed by atoms with Crippen LogP contribution >= 0.6 is 0 Å². The molecular formula is C25H50O5. The molecule has 1 saturated heterocycles. The molecule has 0 aliphatic carbocycles. The van der Waals surface area contributed by atoms with Gasteiger partial charge in [-0.1, -0.05) is 116 Å². The predicted octanol–water partition coefficient (Wildman–Crippen LogP) is 5.48. The van der Waals surface area contributed by atoms with Crippen LogP contribution in [0.4, 0.5) is 0 Å². The molecule has 1 rings (SSSR count). The Morgan fingerprint density at radius 2 is 1.00 bits per heavy atom. The van der Waals surface area contributed by atoms with Crippen molar-refractivity contribution in [3.63, 3.8) is 0 Å². The van der Waals surface area contributed by atoms with Crippen LogP contribution in [0, 0.1) is 0 Å². The summed E-state index contributed by atoms with van der Waals surface area (Å²) in [6, 6.07) is 0. The maximum Gasteiger partial charge on any atom is 0.186 e. The second-order valence-electron chi connectivity index (χ2n) is 9.13. The van der Waals surface area contributed by atoms with Crippen LogP contribution in [0.1, 0.15) is 122 Å². The van der Waals surface area contributed by atoms with Crippen LogP contribution in [0.3, 0.4) is 0 Å². The Hall–Kier alpha value is -0.200. The zero-order chi connectivity index (χ0) is 21.9. The lowest BCUT2D eigenvalue weighted by molar-refractivity contribution is -0.270. The Morgan fingerprint density at radius 3 is 1.43 bits per heavy atom. The van der Waals surface area contributed by atoms with Crippen molar-refractivity contribution in [2.75, 3.05) is 13.2 Å². The number of unbranched alkanes of at least 4 members (excludes halogenated alkanes) is 17. The zero-order valence-corrected chi connectivity index (χ0v) is 19.6. The first-order valence-electron chi connectivity index (χ1n) is 12.9. The highest BCUT2D eigenvalue weighted by Gasteiger charge is 2.37. The van der Waals surface area contributed by atoms with E-state index < -0.39 is 24.6 Å². The zero-order valence-electron chi connectivity index (χ0n) is 19.6. The molecule has 0 aromatic heterocycles. The first-order chi connectivity index (χ1) is 14.7. The molecule has 5 heteroatoms. The predicted molar refractivity (Wildman–Crippen MR) is 122 cm³/mol. The molecule has 1 fully saturated rings. The average molecular weight is 431 g/mol. The lowest BCUT2D eigenvalue weighted by atomic mass is 10.0. The van der Waals surface area contributed by atoms with Gasteiger partial charge in [0.25, 0.3) is 0 Å². The highest BCUT2D eigenvalue weighted by atomic mass is 16.7. The fourth-order valence-corrected chi connectivity index (χ4v) is 4.13. The number of ether oxygens (including phenoxy) is 2. The van der Waals surface area contributed by atoms with Crippen molar-refractivity contribution in [2.45, 2.75) is 147 Å². The van der Waals surface area contributed by atoms with Crippen LogP contribution in [0.15, 0.2) is 0 Å². The van der Waals surface area contributed by atoms with Crippen molar-refractivity contribution < 1.29 is 24.8 Å². The van der Waals surface area contributed by atoms with Crippen LogP contribution in [-0.2, 0) is 9.47 Å². The van der Waals surface area contributed by atoms with E-state index in [4.69, 9.17) is 9.47 Å². The highest BCUT2D eigenvalue weighted by molar-refractivity contribution is 4.82. The minimum atomic E-state index is -1.19. The molecule has 0 unspecified atom stereocenters. The summed E-state index contributed by atoms with van der Waals surface area (Å²) in [4.78, 5) is 0. The van der Waals surface area contributed by atoms with Crippen LogP contribution in [0.2, 0.25) is 0 Å². The molecule has 3 N–H and O–H groups in total. The normalized spacial score (nSPS) is 24.4. The number of aliphatic hydroxyl groups excluding tert-OH is 3. The van der Waals surface area contributed by atoms with Gasteiger partial charge in [0.15, 0.2) is 6.29 Å². The smallest absolute Gasteiger partial charge is 0.186 e. The Labute approximate surface area is 185 Å². The highest BCUT2D eigenvalue weighted by Crippen LogP contribution is 2.18. The summed E-state index contributed by atoms with van der Waals surface area (Å²) in [5, 5.41) is 28.8. The van der Waals surface area contributed by atoms with Gasteiger partial charge in [-0.3, -0.25) is 0 Å². The molecule has 30 heavy (non-hydrogen) atoms. The van der Waals surface area contributed by atoms with E-state index in [0.29, 0.717) is 6.61 Å². The van der Waals surface area contributed by atoms with Crippen LogP contribution < -0.4 is 0 Å². The Balaban J connectivity index is 1.74. The first kappa shape index (κ1) is 27.8. The third-order valence-corrected chi connectivity index (χ3v) is 6.23. The fourth-order valence-electron chi connectivity index (χ4n) is 4.13. The van der Waals surface area contributed by atoms with E-state index in [1.807, 2.05) is 0 Å². The third kappa shape index (κ3) is 14.0. The van der Waals surface area contributed by atoms with Gasteiger partial charge in [-0.25, -0.2) is 0 Å². The van der Waals surface area contributed by atoms with E-state index in [0.717, 1.165) is 12.8 Å². The summed E-state index contributed by atoms with van der Waals surface area (Å²) < 4.78 is 10.7. The van der Waals surface area contributed by atoms with E-state index in [9.17, 15) is 15.3 Å². The summed E-state index contributed by atoms with van der Waals surface area (Å²) in [6.07, 6.45) is 20.0. The van der Waals surface area contributed by atoms with E-state index >= 15 is 0 Å². The molecule has 0 bridgehead atoms. The van der Waals surface area contributed by atoms with E-state index in [-0.39, 0.29) is 6.61 Å². The van der Waals surface area contributed by atoms with Crippen molar-refractivity contribution in [3.05, 3.63) is 0 Å². The lowest BCUT2D eigenvalue weighted by Crippen LogP contribution is -2.53. The van der Waals surface area contributed by atoms with Crippen molar-refractivity contribution >= 4 is 0 Å². The molecule has 0 saturated carbocycles. The lowest BCUT2D eigenvalue weighted by Gasteiger charge is -2.34. The number of rotatable bonds is 20. The molecule has 5 nitrogen and oxygen atoms in total. The molecule has 4 atom stereocenters. The van der Waals surface area contributed by atoms with Crippen molar-refractivity contribution in [1.29, 1.82) is 0 Å². The summed E-state index contributed by atoms with van der Waals surface area (Å²) in [6.45, 7) is 2.80. The van der Waals surface area contributed by atoms with Crippen LogP contribution in [0.5, 0.6) is 0 Å². The van der Waals surface area contributed by atoms with Gasteiger partial charge in [-0.15, -0.1) is 0 Å². The van der Waals surface area contributed by atoms with E-state index in [2.05, 4.69) is 6.92 Å². The van der Waals surface area contributed by atoms with E-state index in [1.54, 1.807) is 0 Å². The quantitative estimate of drug-likeness (QED) is 0.223.